The second kappa shape index (κ2) is 5.57. The third-order valence-electron chi connectivity index (χ3n) is 2.95. The van der Waals surface area contributed by atoms with Crippen LogP contribution in [0.4, 0.5) is 11.4 Å². The molecule has 2 aromatic rings. The Bertz CT molecular complexity index is 677. The molecule has 4 N–H and O–H groups in total. The molecule has 0 aliphatic heterocycles. The maximum atomic E-state index is 11.1. The Morgan fingerprint density at radius 3 is 2.60 bits per heavy atom. The molecule has 0 aromatic heterocycles. The molecule has 2 rings (SSSR count). The first-order valence-corrected chi connectivity index (χ1v) is 6.30. The van der Waals surface area contributed by atoms with Crippen LogP contribution in [-0.4, -0.2) is 11.6 Å². The number of aryl methyl sites for hydroxylation is 1. The SMILES string of the molecule is CC(=O)Nc1ccc(N)c(C(=N)c2cccc(C)c2)c1. The summed E-state index contributed by atoms with van der Waals surface area (Å²) in [5.74, 6) is -0.150. The lowest BCUT2D eigenvalue weighted by molar-refractivity contribution is -0.114. The summed E-state index contributed by atoms with van der Waals surface area (Å²) in [6, 6.07) is 12.9. The Kier molecular flexibility index (Phi) is 3.84. The number of hydrogen-bond acceptors (Lipinski definition) is 3. The summed E-state index contributed by atoms with van der Waals surface area (Å²) in [5.41, 5.74) is 9.95. The molecule has 2 aromatic carbocycles. The number of rotatable bonds is 3. The molecule has 0 heterocycles. The second-order valence-corrected chi connectivity index (χ2v) is 4.73. The van der Waals surface area contributed by atoms with Crippen molar-refractivity contribution in [3.63, 3.8) is 0 Å². The second-order valence-electron chi connectivity index (χ2n) is 4.73. The largest absolute Gasteiger partial charge is 0.398 e. The topological polar surface area (TPSA) is 79.0 Å². The quantitative estimate of drug-likeness (QED) is 0.590. The summed E-state index contributed by atoms with van der Waals surface area (Å²) in [6.07, 6.45) is 0. The maximum Gasteiger partial charge on any atom is 0.221 e. The lowest BCUT2D eigenvalue weighted by Crippen LogP contribution is -2.09. The lowest BCUT2D eigenvalue weighted by atomic mass is 9.99. The first-order chi connectivity index (χ1) is 9.47. The number of nitrogens with two attached hydrogens (primary N) is 1. The smallest absolute Gasteiger partial charge is 0.221 e. The minimum absolute atomic E-state index is 0.150. The van der Waals surface area contributed by atoms with Gasteiger partial charge in [-0.25, -0.2) is 0 Å². The molecule has 0 radical (unpaired) electrons. The number of amides is 1. The van der Waals surface area contributed by atoms with Gasteiger partial charge in [0.15, 0.2) is 0 Å². The van der Waals surface area contributed by atoms with Crippen molar-refractivity contribution < 1.29 is 4.79 Å². The molecule has 0 bridgehead atoms. The first kappa shape index (κ1) is 13.8. The highest BCUT2D eigenvalue weighted by atomic mass is 16.1. The zero-order valence-electron chi connectivity index (χ0n) is 11.5. The summed E-state index contributed by atoms with van der Waals surface area (Å²) >= 11 is 0. The van der Waals surface area contributed by atoms with E-state index in [1.807, 2.05) is 31.2 Å². The van der Waals surface area contributed by atoms with Gasteiger partial charge in [0.2, 0.25) is 5.91 Å². The standard InChI is InChI=1S/C16H17N3O/c1-10-4-3-5-12(8-10)16(18)14-9-13(19-11(2)20)6-7-15(14)17/h3-9,18H,17H2,1-2H3,(H,19,20). The number of nitrogen functional groups attached to an aromatic ring is 1. The van der Waals surface area contributed by atoms with Crippen molar-refractivity contribution in [1.82, 2.24) is 0 Å². The Hall–Kier alpha value is -2.62. The van der Waals surface area contributed by atoms with Gasteiger partial charge in [0.1, 0.15) is 0 Å². The monoisotopic (exact) mass is 267 g/mol. The molecular formula is C16H17N3O. The van der Waals surface area contributed by atoms with Crippen molar-refractivity contribution in [2.45, 2.75) is 13.8 Å². The van der Waals surface area contributed by atoms with Gasteiger partial charge in [-0.1, -0.05) is 23.8 Å². The average Bonchev–Trinajstić information content (AvgIpc) is 2.39. The molecule has 0 saturated heterocycles. The van der Waals surface area contributed by atoms with E-state index in [4.69, 9.17) is 11.1 Å². The highest BCUT2D eigenvalue weighted by molar-refractivity contribution is 6.14. The summed E-state index contributed by atoms with van der Waals surface area (Å²) in [7, 11) is 0. The van der Waals surface area contributed by atoms with Crippen LogP contribution in [0.2, 0.25) is 0 Å². The third kappa shape index (κ3) is 3.03. The fraction of sp³-hybridized carbons (Fsp3) is 0.125. The van der Waals surface area contributed by atoms with Gasteiger partial charge in [-0.3, -0.25) is 10.2 Å². The van der Waals surface area contributed by atoms with E-state index in [-0.39, 0.29) is 5.91 Å². The molecule has 0 atom stereocenters. The van der Waals surface area contributed by atoms with Crippen molar-refractivity contribution in [3.8, 4) is 0 Å². The fourth-order valence-electron chi connectivity index (χ4n) is 2.01. The fourth-order valence-corrected chi connectivity index (χ4v) is 2.01. The minimum atomic E-state index is -0.150. The van der Waals surface area contributed by atoms with E-state index in [1.54, 1.807) is 18.2 Å². The Morgan fingerprint density at radius 2 is 1.95 bits per heavy atom. The van der Waals surface area contributed by atoms with Crippen molar-refractivity contribution in [2.75, 3.05) is 11.1 Å². The zero-order valence-corrected chi connectivity index (χ0v) is 11.5. The number of benzene rings is 2. The molecule has 0 aliphatic carbocycles. The molecular weight excluding hydrogens is 250 g/mol. The van der Waals surface area contributed by atoms with Crippen LogP contribution in [0.25, 0.3) is 0 Å². The van der Waals surface area contributed by atoms with Crippen molar-refractivity contribution in [2.24, 2.45) is 0 Å². The van der Waals surface area contributed by atoms with Crippen molar-refractivity contribution in [1.29, 1.82) is 5.41 Å². The molecule has 102 valence electrons. The minimum Gasteiger partial charge on any atom is -0.398 e. The lowest BCUT2D eigenvalue weighted by Gasteiger charge is -2.11. The van der Waals surface area contributed by atoms with Gasteiger partial charge in [0.05, 0.1) is 5.71 Å². The molecule has 0 unspecified atom stereocenters. The maximum absolute atomic E-state index is 11.1. The average molecular weight is 267 g/mol. The summed E-state index contributed by atoms with van der Waals surface area (Å²) in [6.45, 7) is 3.43. The summed E-state index contributed by atoms with van der Waals surface area (Å²) < 4.78 is 0. The van der Waals surface area contributed by atoms with Gasteiger partial charge in [-0.2, -0.15) is 0 Å². The van der Waals surface area contributed by atoms with E-state index in [1.165, 1.54) is 6.92 Å². The van der Waals surface area contributed by atoms with Gasteiger partial charge in [0.25, 0.3) is 0 Å². The Morgan fingerprint density at radius 1 is 1.20 bits per heavy atom. The number of hydrogen-bond donors (Lipinski definition) is 3. The molecule has 4 nitrogen and oxygen atoms in total. The van der Waals surface area contributed by atoms with Crippen LogP contribution < -0.4 is 11.1 Å². The number of nitrogens with one attached hydrogen (secondary N) is 2. The predicted octanol–water partition coefficient (Wildman–Crippen LogP) is 2.95. The zero-order chi connectivity index (χ0) is 14.7. The van der Waals surface area contributed by atoms with Gasteiger partial charge in [-0.15, -0.1) is 0 Å². The van der Waals surface area contributed by atoms with Gasteiger partial charge in [0, 0.05) is 29.4 Å². The Labute approximate surface area is 118 Å². The predicted molar refractivity (Wildman–Crippen MR) is 82.3 cm³/mol. The summed E-state index contributed by atoms with van der Waals surface area (Å²) in [5, 5.41) is 11.0. The van der Waals surface area contributed by atoms with E-state index in [2.05, 4.69) is 5.32 Å². The van der Waals surface area contributed by atoms with Gasteiger partial charge >= 0.3 is 0 Å². The van der Waals surface area contributed by atoms with Crippen LogP contribution >= 0.6 is 0 Å². The number of carbonyl (C=O) groups is 1. The van der Waals surface area contributed by atoms with Crippen LogP contribution in [0.1, 0.15) is 23.6 Å². The Balaban J connectivity index is 2.41. The highest BCUT2D eigenvalue weighted by Crippen LogP contribution is 2.21. The normalized spacial score (nSPS) is 10.1. The highest BCUT2D eigenvalue weighted by Gasteiger charge is 2.10. The molecule has 20 heavy (non-hydrogen) atoms. The third-order valence-corrected chi connectivity index (χ3v) is 2.95. The van der Waals surface area contributed by atoms with E-state index in [9.17, 15) is 4.79 Å². The van der Waals surface area contributed by atoms with E-state index in [0.29, 0.717) is 22.6 Å². The molecule has 0 saturated carbocycles. The van der Waals surface area contributed by atoms with Crippen molar-refractivity contribution in [3.05, 3.63) is 59.2 Å². The van der Waals surface area contributed by atoms with Crippen LogP contribution in [0.3, 0.4) is 0 Å². The van der Waals surface area contributed by atoms with E-state index >= 15 is 0 Å². The molecule has 0 fully saturated rings. The molecule has 0 spiro atoms. The number of carbonyl (C=O) groups excluding carboxylic acids is 1. The first-order valence-electron chi connectivity index (χ1n) is 6.30. The van der Waals surface area contributed by atoms with Gasteiger partial charge < -0.3 is 11.1 Å². The van der Waals surface area contributed by atoms with E-state index in [0.717, 1.165) is 11.1 Å². The van der Waals surface area contributed by atoms with Crippen LogP contribution in [-0.2, 0) is 4.79 Å². The molecule has 0 aliphatic rings. The molecule has 1 amide bonds. The van der Waals surface area contributed by atoms with Crippen LogP contribution in [0.5, 0.6) is 0 Å². The van der Waals surface area contributed by atoms with Crippen LogP contribution in [0.15, 0.2) is 42.5 Å². The number of anilines is 2. The van der Waals surface area contributed by atoms with Crippen LogP contribution in [0, 0.1) is 12.3 Å². The molecule has 4 heteroatoms. The van der Waals surface area contributed by atoms with Crippen molar-refractivity contribution >= 4 is 23.0 Å². The summed E-state index contributed by atoms with van der Waals surface area (Å²) in [4.78, 5) is 11.1. The van der Waals surface area contributed by atoms with Gasteiger partial charge in [-0.05, 0) is 31.2 Å². The van der Waals surface area contributed by atoms with E-state index < -0.39 is 0 Å².